The lowest BCUT2D eigenvalue weighted by molar-refractivity contribution is -0.137. The molecule has 0 spiro atoms. The Bertz CT molecular complexity index is 1010. The highest BCUT2D eigenvalue weighted by molar-refractivity contribution is 5.98. The number of nitrogens with zero attached hydrogens (tertiary/aromatic N) is 3. The Morgan fingerprint density at radius 3 is 2.62 bits per heavy atom. The van der Waals surface area contributed by atoms with Gasteiger partial charge < -0.3 is 5.11 Å². The molecule has 1 saturated carbocycles. The van der Waals surface area contributed by atoms with Gasteiger partial charge in [-0.15, -0.1) is 0 Å². The van der Waals surface area contributed by atoms with Gasteiger partial charge in [0.1, 0.15) is 0 Å². The normalized spacial score (nSPS) is 20.1. The first kappa shape index (κ1) is 24.9. The number of aryl methyl sites for hydroxylation is 1. The van der Waals surface area contributed by atoms with E-state index in [-0.39, 0.29) is 17.8 Å². The van der Waals surface area contributed by atoms with Gasteiger partial charge in [0.05, 0.1) is 34.3 Å². The molecule has 1 aromatic carbocycles. The van der Waals surface area contributed by atoms with Crippen molar-refractivity contribution in [2.24, 2.45) is 0 Å². The van der Waals surface area contributed by atoms with Gasteiger partial charge in [0.25, 0.3) is 0 Å². The minimum atomic E-state index is -4.43. The van der Waals surface area contributed by atoms with Gasteiger partial charge in [-0.25, -0.2) is 4.68 Å². The summed E-state index contributed by atoms with van der Waals surface area (Å²) in [6, 6.07) is 5.52. The SMILES string of the molecule is CCCC(CCCC(=O)c1c(C)nn(-c2cccc(C(F)(F)F)c2)c1C1CC1)N1CC[C@H](O)C1. The van der Waals surface area contributed by atoms with Crippen molar-refractivity contribution in [3.8, 4) is 5.69 Å². The Morgan fingerprint density at radius 2 is 2.00 bits per heavy atom. The van der Waals surface area contributed by atoms with Gasteiger partial charge in [-0.1, -0.05) is 19.4 Å². The highest BCUT2D eigenvalue weighted by Gasteiger charge is 2.36. The van der Waals surface area contributed by atoms with Crippen LogP contribution in [0, 0.1) is 6.92 Å². The number of halogens is 3. The summed E-state index contributed by atoms with van der Waals surface area (Å²) in [5.41, 5.74) is 1.55. The third-order valence-electron chi connectivity index (χ3n) is 7.03. The number of aromatic nitrogens is 2. The third kappa shape index (κ3) is 5.54. The summed E-state index contributed by atoms with van der Waals surface area (Å²) in [7, 11) is 0. The van der Waals surface area contributed by atoms with E-state index in [9.17, 15) is 23.1 Å². The van der Waals surface area contributed by atoms with Crippen LogP contribution in [0.25, 0.3) is 5.69 Å². The van der Waals surface area contributed by atoms with Crippen molar-refractivity contribution in [3.63, 3.8) is 0 Å². The minimum Gasteiger partial charge on any atom is -0.392 e. The summed E-state index contributed by atoms with van der Waals surface area (Å²) in [6.07, 6.45) is 2.08. The predicted molar refractivity (Wildman–Crippen MR) is 124 cm³/mol. The van der Waals surface area contributed by atoms with Gasteiger partial charge in [-0.3, -0.25) is 9.69 Å². The van der Waals surface area contributed by atoms with Crippen LogP contribution in [0.1, 0.15) is 91.5 Å². The zero-order valence-electron chi connectivity index (χ0n) is 19.9. The Balaban J connectivity index is 1.51. The van der Waals surface area contributed by atoms with Crippen molar-refractivity contribution in [2.75, 3.05) is 13.1 Å². The molecule has 2 fully saturated rings. The molecule has 0 amide bonds. The number of Topliss-reactive ketones (excluding diaryl/α,β-unsaturated/α-hetero) is 1. The van der Waals surface area contributed by atoms with Crippen molar-refractivity contribution >= 4 is 5.78 Å². The number of ketones is 1. The number of aliphatic hydroxyl groups is 1. The zero-order chi connectivity index (χ0) is 24.5. The van der Waals surface area contributed by atoms with E-state index in [1.165, 1.54) is 6.07 Å². The maximum absolute atomic E-state index is 13.3. The molecule has 2 aliphatic rings. The smallest absolute Gasteiger partial charge is 0.392 e. The van der Waals surface area contributed by atoms with E-state index in [1.807, 2.05) is 0 Å². The van der Waals surface area contributed by atoms with Crippen molar-refractivity contribution in [1.82, 2.24) is 14.7 Å². The number of carbonyl (C=O) groups excluding carboxylic acids is 1. The molecule has 1 aliphatic carbocycles. The molecule has 0 bridgehead atoms. The van der Waals surface area contributed by atoms with Crippen molar-refractivity contribution < 1.29 is 23.1 Å². The fourth-order valence-corrected chi connectivity index (χ4v) is 5.20. The molecule has 4 rings (SSSR count). The van der Waals surface area contributed by atoms with E-state index in [0.717, 1.165) is 69.3 Å². The van der Waals surface area contributed by atoms with Gasteiger partial charge >= 0.3 is 6.18 Å². The first-order valence-electron chi connectivity index (χ1n) is 12.4. The standard InChI is InChI=1S/C26H34F3N3O2/c1-3-6-20(31-14-13-22(33)16-31)8-5-10-23(34)24-17(2)30-32(25(24)18-11-12-18)21-9-4-7-19(15-21)26(27,28)29/h4,7,9,15,18,20,22,33H,3,5-6,8,10-14,16H2,1-2H3/t20?,22-/m0/s1. The Hall–Kier alpha value is -2.19. The number of hydrogen-bond donors (Lipinski definition) is 1. The average molecular weight is 478 g/mol. The highest BCUT2D eigenvalue weighted by Crippen LogP contribution is 2.44. The van der Waals surface area contributed by atoms with Gasteiger partial charge in [0.2, 0.25) is 0 Å². The maximum Gasteiger partial charge on any atom is 0.416 e. The second-order valence-electron chi connectivity index (χ2n) is 9.78. The summed E-state index contributed by atoms with van der Waals surface area (Å²) in [5.74, 6) is 0.183. The van der Waals surface area contributed by atoms with Crippen LogP contribution in [0.15, 0.2) is 24.3 Å². The monoisotopic (exact) mass is 477 g/mol. The van der Waals surface area contributed by atoms with Crippen molar-refractivity contribution in [1.29, 1.82) is 0 Å². The van der Waals surface area contributed by atoms with Crippen molar-refractivity contribution in [2.45, 2.75) is 89.5 Å². The van der Waals surface area contributed by atoms with E-state index in [4.69, 9.17) is 0 Å². The highest BCUT2D eigenvalue weighted by atomic mass is 19.4. The van der Waals surface area contributed by atoms with E-state index >= 15 is 0 Å². The largest absolute Gasteiger partial charge is 0.416 e. The van der Waals surface area contributed by atoms with Crippen LogP contribution in [0.5, 0.6) is 0 Å². The van der Waals surface area contributed by atoms with E-state index in [1.54, 1.807) is 17.7 Å². The summed E-state index contributed by atoms with van der Waals surface area (Å²) >= 11 is 0. The second-order valence-corrected chi connectivity index (χ2v) is 9.78. The number of likely N-dealkylation sites (tertiary alicyclic amines) is 1. The molecule has 5 nitrogen and oxygen atoms in total. The minimum absolute atomic E-state index is 0.0225. The van der Waals surface area contributed by atoms with Crippen LogP contribution in [-0.2, 0) is 6.18 Å². The van der Waals surface area contributed by atoms with Gasteiger partial charge in [0.15, 0.2) is 5.78 Å². The molecule has 1 saturated heterocycles. The average Bonchev–Trinajstić information content (AvgIpc) is 3.44. The number of hydrogen-bond acceptors (Lipinski definition) is 4. The Morgan fingerprint density at radius 1 is 1.24 bits per heavy atom. The maximum atomic E-state index is 13.3. The third-order valence-corrected chi connectivity index (χ3v) is 7.03. The number of carbonyl (C=O) groups is 1. The molecular formula is C26H34F3N3O2. The predicted octanol–water partition coefficient (Wildman–Crippen LogP) is 5.67. The van der Waals surface area contributed by atoms with Crippen LogP contribution >= 0.6 is 0 Å². The fourth-order valence-electron chi connectivity index (χ4n) is 5.20. The molecule has 2 aromatic rings. The Labute approximate surface area is 199 Å². The number of benzene rings is 1. The lowest BCUT2D eigenvalue weighted by Gasteiger charge is -2.27. The van der Waals surface area contributed by atoms with Crippen LogP contribution in [0.2, 0.25) is 0 Å². The zero-order valence-corrected chi connectivity index (χ0v) is 19.9. The molecule has 1 aliphatic heterocycles. The number of β-amino-alcohol motifs (C(OH)–C–C–N with tert-alkyl or cyclic N) is 1. The molecule has 8 heteroatoms. The number of alkyl halides is 3. The summed E-state index contributed by atoms with van der Waals surface area (Å²) in [6.45, 7) is 5.52. The first-order valence-corrected chi connectivity index (χ1v) is 12.4. The van der Waals surface area contributed by atoms with Crippen LogP contribution < -0.4 is 0 Å². The van der Waals surface area contributed by atoms with Gasteiger partial charge in [-0.2, -0.15) is 18.3 Å². The molecule has 1 unspecified atom stereocenters. The van der Waals surface area contributed by atoms with E-state index in [0.29, 0.717) is 36.0 Å². The molecule has 1 aromatic heterocycles. The molecule has 0 radical (unpaired) electrons. The second kappa shape index (κ2) is 10.2. The summed E-state index contributed by atoms with van der Waals surface area (Å²) < 4.78 is 41.3. The lowest BCUT2D eigenvalue weighted by atomic mass is 9.98. The molecular weight excluding hydrogens is 443 g/mol. The molecule has 2 atom stereocenters. The number of aliphatic hydroxyl groups excluding tert-OH is 1. The fraction of sp³-hybridized carbons (Fsp3) is 0.615. The summed E-state index contributed by atoms with van der Waals surface area (Å²) in [4.78, 5) is 15.7. The van der Waals surface area contributed by atoms with Gasteiger partial charge in [-0.05, 0) is 63.6 Å². The van der Waals surface area contributed by atoms with Crippen molar-refractivity contribution in [3.05, 3.63) is 46.8 Å². The lowest BCUT2D eigenvalue weighted by Crippen LogP contribution is -2.34. The Kier molecular flexibility index (Phi) is 7.48. The van der Waals surface area contributed by atoms with Crippen LogP contribution in [-0.4, -0.2) is 50.8 Å². The number of rotatable bonds is 10. The van der Waals surface area contributed by atoms with E-state index < -0.39 is 11.7 Å². The van der Waals surface area contributed by atoms with Crippen LogP contribution in [0.3, 0.4) is 0 Å². The first-order chi connectivity index (χ1) is 16.2. The molecule has 186 valence electrons. The molecule has 2 heterocycles. The quantitative estimate of drug-likeness (QED) is 0.448. The topological polar surface area (TPSA) is 58.4 Å². The summed E-state index contributed by atoms with van der Waals surface area (Å²) in [5, 5.41) is 14.4. The van der Waals surface area contributed by atoms with Gasteiger partial charge in [0, 0.05) is 31.5 Å². The molecule has 1 N–H and O–H groups in total. The van der Waals surface area contributed by atoms with E-state index in [2.05, 4.69) is 16.9 Å². The van der Waals surface area contributed by atoms with Crippen LogP contribution in [0.4, 0.5) is 13.2 Å². The molecule has 34 heavy (non-hydrogen) atoms.